The molecule has 6 heteroatoms. The molecule has 0 aliphatic heterocycles. The minimum absolute atomic E-state index is 0.0113. The minimum Gasteiger partial charge on any atom is -0.450 e. The number of fused-ring (bicyclic) bond motifs is 7. The van der Waals surface area contributed by atoms with Gasteiger partial charge in [-0.2, -0.15) is 0 Å². The summed E-state index contributed by atoms with van der Waals surface area (Å²) in [6.07, 6.45) is 11.3. The summed E-state index contributed by atoms with van der Waals surface area (Å²) in [5.74, 6) is 0.366. The van der Waals surface area contributed by atoms with Crippen molar-refractivity contribution < 1.29 is 19.1 Å². The number of hydrogen-bond acceptors (Lipinski definition) is 4. The molecule has 7 atom stereocenters. The highest BCUT2D eigenvalue weighted by Crippen LogP contribution is 2.74. The molecule has 0 aromatic rings. The van der Waals surface area contributed by atoms with Crippen LogP contribution in [-0.2, 0) is 14.3 Å². The summed E-state index contributed by atoms with van der Waals surface area (Å²) >= 11 is 0. The van der Waals surface area contributed by atoms with Crippen LogP contribution in [0.3, 0.4) is 0 Å². The fourth-order valence-electron chi connectivity index (χ4n) is 10.6. The second-order valence-electron chi connectivity index (χ2n) is 15.7. The monoisotopic (exact) mass is 548 g/mol. The lowest BCUT2D eigenvalue weighted by Gasteiger charge is -2.69. The number of rotatable bonds is 3. The smallest absolute Gasteiger partial charge is 0.406 e. The second kappa shape index (κ2) is 9.04. The third-order valence-electron chi connectivity index (χ3n) is 13.1. The van der Waals surface area contributed by atoms with Crippen LogP contribution in [0.25, 0.3) is 4.85 Å². The van der Waals surface area contributed by atoms with E-state index in [2.05, 4.69) is 44.8 Å². The molecule has 0 aromatic carbocycles. The van der Waals surface area contributed by atoms with Crippen molar-refractivity contribution >= 4 is 17.7 Å². The van der Waals surface area contributed by atoms with Crippen LogP contribution in [0.4, 0.5) is 4.79 Å². The molecule has 5 aliphatic rings. The molecule has 5 rings (SSSR count). The van der Waals surface area contributed by atoms with E-state index in [-0.39, 0.29) is 56.7 Å². The Morgan fingerprint density at radius 2 is 1.73 bits per heavy atom. The Bertz CT molecular complexity index is 1250. The number of Topliss-reactive ketones (excluding diaryl/α,β-unsaturated/α-hetero) is 1. The zero-order chi connectivity index (χ0) is 29.5. The number of alkyl carbamates (subject to hydrolysis) is 1. The molecule has 0 spiro atoms. The van der Waals surface area contributed by atoms with Crippen molar-refractivity contribution in [2.75, 3.05) is 13.7 Å². The highest BCUT2D eigenvalue weighted by atomic mass is 16.5. The second-order valence-corrected chi connectivity index (χ2v) is 15.7. The lowest BCUT2D eigenvalue weighted by atomic mass is 9.34. The Morgan fingerprint density at radius 3 is 2.38 bits per heavy atom. The number of nitrogens with zero attached hydrogens (tertiary/aromatic N) is 1. The van der Waals surface area contributed by atoms with Crippen molar-refractivity contribution in [1.29, 1.82) is 0 Å². The first-order valence-corrected chi connectivity index (χ1v) is 15.3. The van der Waals surface area contributed by atoms with Gasteiger partial charge in [-0.25, -0.2) is 9.64 Å². The number of nitrogens with one attached hydrogen (secondary N) is 1. The van der Waals surface area contributed by atoms with Gasteiger partial charge < -0.3 is 14.8 Å². The Hall–Kier alpha value is -2.42. The van der Waals surface area contributed by atoms with Crippen LogP contribution in [0.1, 0.15) is 99.8 Å². The van der Waals surface area contributed by atoms with E-state index in [9.17, 15) is 14.4 Å². The standard InChI is InChI=1S/C34H48N2O4/c1-29(2)12-14-34(16-17-40-28(39)36-9)15-13-33(7)26(21(34)19-29)23(37)18-25-31(5)20-22(35-8)27(38)30(3,4)24(31)10-11-32(25,33)6/h18,20-21,24,26H,10-17,19H2,1-7,9H3,(H,36,39)/t21-,24-,26-,31-,32+,33+,34+/m0/s1. The van der Waals surface area contributed by atoms with E-state index in [1.54, 1.807) is 7.05 Å². The molecule has 0 bridgehead atoms. The summed E-state index contributed by atoms with van der Waals surface area (Å²) in [6.45, 7) is 23.7. The number of ether oxygens (including phenoxy) is 1. The first kappa shape index (κ1) is 29.1. The quantitative estimate of drug-likeness (QED) is 0.375. The largest absolute Gasteiger partial charge is 0.450 e. The van der Waals surface area contributed by atoms with Gasteiger partial charge in [0, 0.05) is 23.8 Å². The maximum atomic E-state index is 14.5. The average molecular weight is 549 g/mol. The molecule has 218 valence electrons. The summed E-state index contributed by atoms with van der Waals surface area (Å²) in [6, 6.07) is 0. The number of hydrogen-bond donors (Lipinski definition) is 1. The molecule has 6 nitrogen and oxygen atoms in total. The van der Waals surface area contributed by atoms with E-state index < -0.39 is 16.9 Å². The number of carbonyl (C=O) groups is 3. The highest BCUT2D eigenvalue weighted by molar-refractivity contribution is 6.03. The maximum absolute atomic E-state index is 14.5. The van der Waals surface area contributed by atoms with Crippen molar-refractivity contribution in [3.05, 3.63) is 34.8 Å². The van der Waals surface area contributed by atoms with E-state index in [1.165, 1.54) is 0 Å². The van der Waals surface area contributed by atoms with Crippen molar-refractivity contribution in [2.45, 2.75) is 99.8 Å². The molecule has 0 aromatic heterocycles. The lowest BCUT2D eigenvalue weighted by molar-refractivity contribution is -0.173. The van der Waals surface area contributed by atoms with E-state index in [4.69, 9.17) is 11.3 Å². The average Bonchev–Trinajstić information content (AvgIpc) is 2.88. The highest BCUT2D eigenvalue weighted by Gasteiger charge is 2.69. The molecule has 0 unspecified atom stereocenters. The van der Waals surface area contributed by atoms with E-state index in [0.717, 1.165) is 56.9 Å². The van der Waals surface area contributed by atoms with Gasteiger partial charge in [0.05, 0.1) is 13.2 Å². The number of allylic oxidation sites excluding steroid dienone is 4. The van der Waals surface area contributed by atoms with Crippen LogP contribution in [0.2, 0.25) is 0 Å². The van der Waals surface area contributed by atoms with Gasteiger partial charge in [0.1, 0.15) is 0 Å². The van der Waals surface area contributed by atoms with Gasteiger partial charge in [0.25, 0.3) is 0 Å². The van der Waals surface area contributed by atoms with E-state index in [1.807, 2.05) is 26.0 Å². The molecule has 3 fully saturated rings. The predicted octanol–water partition coefficient (Wildman–Crippen LogP) is 7.31. The summed E-state index contributed by atoms with van der Waals surface area (Å²) in [4.78, 5) is 43.3. The minimum atomic E-state index is -0.647. The van der Waals surface area contributed by atoms with Crippen molar-refractivity contribution in [3.8, 4) is 0 Å². The molecule has 3 saturated carbocycles. The van der Waals surface area contributed by atoms with Crippen LogP contribution in [0.15, 0.2) is 23.4 Å². The van der Waals surface area contributed by atoms with Crippen LogP contribution in [0, 0.1) is 56.8 Å². The Balaban J connectivity index is 1.61. The molecule has 0 heterocycles. The zero-order valence-corrected chi connectivity index (χ0v) is 25.8. The summed E-state index contributed by atoms with van der Waals surface area (Å²) < 4.78 is 5.50. The molecule has 40 heavy (non-hydrogen) atoms. The third-order valence-corrected chi connectivity index (χ3v) is 13.1. The van der Waals surface area contributed by atoms with E-state index in [0.29, 0.717) is 6.61 Å². The van der Waals surface area contributed by atoms with Gasteiger partial charge in [0.15, 0.2) is 11.6 Å². The van der Waals surface area contributed by atoms with Gasteiger partial charge in [-0.1, -0.05) is 60.1 Å². The van der Waals surface area contributed by atoms with Gasteiger partial charge in [0.2, 0.25) is 5.70 Å². The summed E-state index contributed by atoms with van der Waals surface area (Å²) in [5.41, 5.74) is -0.0606. The number of carbonyl (C=O) groups excluding carboxylic acids is 3. The Labute approximate surface area is 240 Å². The number of ketones is 2. The maximum Gasteiger partial charge on any atom is 0.406 e. The molecular formula is C34H48N2O4. The SMILES string of the molecule is [C-]#[N+]C1=C[C@]2(C)C3=CC(=O)[C@@H]4[C@@H]5CC(C)(C)CC[C@]5(CCOC(=O)NC)CC[C@@]4(C)[C@]3(C)CC[C@H]2C(C)(C)C1=O. The predicted molar refractivity (Wildman–Crippen MR) is 155 cm³/mol. The zero-order valence-electron chi connectivity index (χ0n) is 25.8. The first-order valence-electron chi connectivity index (χ1n) is 15.3. The molecule has 0 saturated heterocycles. The van der Waals surface area contributed by atoms with Gasteiger partial charge in [-0.3, -0.25) is 4.79 Å². The van der Waals surface area contributed by atoms with Crippen LogP contribution >= 0.6 is 0 Å². The van der Waals surface area contributed by atoms with Crippen LogP contribution < -0.4 is 5.32 Å². The molecule has 1 N–H and O–H groups in total. The van der Waals surface area contributed by atoms with Crippen molar-refractivity contribution in [3.63, 3.8) is 0 Å². The molecule has 1 amide bonds. The van der Waals surface area contributed by atoms with Crippen molar-refractivity contribution in [1.82, 2.24) is 5.32 Å². The number of amides is 1. The normalized spacial score (nSPS) is 43.0. The summed E-state index contributed by atoms with van der Waals surface area (Å²) in [7, 11) is 1.58. The topological polar surface area (TPSA) is 76.8 Å². The molecule has 5 aliphatic carbocycles. The molecular weight excluding hydrogens is 500 g/mol. The van der Waals surface area contributed by atoms with E-state index >= 15 is 0 Å². The Kier molecular flexibility index (Phi) is 6.57. The fourth-order valence-corrected chi connectivity index (χ4v) is 10.6. The fraction of sp³-hybridized carbons (Fsp3) is 0.765. The van der Waals surface area contributed by atoms with Gasteiger partial charge in [-0.15, -0.1) is 0 Å². The van der Waals surface area contributed by atoms with Crippen LogP contribution in [-0.4, -0.2) is 31.3 Å². The third kappa shape index (κ3) is 3.82. The lowest BCUT2D eigenvalue weighted by Crippen LogP contribution is -2.64. The van der Waals surface area contributed by atoms with Gasteiger partial charge in [-0.05, 0) is 90.9 Å². The van der Waals surface area contributed by atoms with Crippen molar-refractivity contribution in [2.24, 2.45) is 50.2 Å². The Morgan fingerprint density at radius 1 is 1.05 bits per heavy atom. The summed E-state index contributed by atoms with van der Waals surface area (Å²) in [5, 5.41) is 2.55. The van der Waals surface area contributed by atoms with Crippen LogP contribution in [0.5, 0.6) is 0 Å². The first-order chi connectivity index (χ1) is 18.5. The van der Waals surface area contributed by atoms with Gasteiger partial charge >= 0.3 is 6.09 Å². The molecule has 0 radical (unpaired) electrons.